The van der Waals surface area contributed by atoms with Crippen LogP contribution in [0.5, 0.6) is 17.2 Å². The van der Waals surface area contributed by atoms with E-state index < -0.39 is 16.5 Å². The van der Waals surface area contributed by atoms with E-state index in [1.165, 1.54) is 21.3 Å². The number of para-hydroxylation sites is 1. The average molecular weight is 410 g/mol. The number of benzene rings is 2. The third-order valence-electron chi connectivity index (χ3n) is 4.97. The van der Waals surface area contributed by atoms with Crippen molar-refractivity contribution in [3.05, 3.63) is 85.7 Å². The summed E-state index contributed by atoms with van der Waals surface area (Å²) >= 11 is 0. The van der Waals surface area contributed by atoms with Crippen LogP contribution < -0.4 is 25.2 Å². The number of rotatable bonds is 5. The van der Waals surface area contributed by atoms with Crippen molar-refractivity contribution in [2.45, 2.75) is 5.92 Å². The second kappa shape index (κ2) is 7.43. The van der Waals surface area contributed by atoms with Gasteiger partial charge in [-0.15, -0.1) is 0 Å². The molecular formula is C21H18N2O7. The molecule has 9 nitrogen and oxygen atoms in total. The van der Waals surface area contributed by atoms with Crippen molar-refractivity contribution in [3.8, 4) is 17.2 Å². The van der Waals surface area contributed by atoms with Crippen molar-refractivity contribution in [2.24, 2.45) is 0 Å². The highest BCUT2D eigenvalue weighted by Crippen LogP contribution is 2.47. The number of nitro groups is 1. The number of nitrogens with one attached hydrogen (secondary N) is 1. The number of fused-ring (bicyclic) bond motifs is 3. The van der Waals surface area contributed by atoms with Crippen LogP contribution in [-0.4, -0.2) is 26.2 Å². The molecule has 1 aliphatic rings. The largest absolute Gasteiger partial charge is 0.497 e. The molecule has 30 heavy (non-hydrogen) atoms. The van der Waals surface area contributed by atoms with Crippen molar-refractivity contribution >= 4 is 11.0 Å². The maximum absolute atomic E-state index is 13.0. The molecule has 0 saturated carbocycles. The molecule has 0 bridgehead atoms. The van der Waals surface area contributed by atoms with Crippen molar-refractivity contribution in [1.29, 1.82) is 0 Å². The Kier molecular flexibility index (Phi) is 4.78. The smallest absolute Gasteiger partial charge is 0.344 e. The van der Waals surface area contributed by atoms with E-state index in [0.29, 0.717) is 28.0 Å². The zero-order valence-corrected chi connectivity index (χ0v) is 16.4. The quantitative estimate of drug-likeness (QED) is 0.388. The van der Waals surface area contributed by atoms with Gasteiger partial charge in [0.25, 0.3) is 5.88 Å². The summed E-state index contributed by atoms with van der Waals surface area (Å²) in [6.45, 7) is 0. The molecule has 0 radical (unpaired) electrons. The highest BCUT2D eigenvalue weighted by molar-refractivity contribution is 5.85. The van der Waals surface area contributed by atoms with Gasteiger partial charge in [-0.05, 0) is 30.3 Å². The predicted octanol–water partition coefficient (Wildman–Crippen LogP) is 3.00. The second-order valence-corrected chi connectivity index (χ2v) is 6.49. The van der Waals surface area contributed by atoms with Crippen LogP contribution in [0.15, 0.2) is 63.3 Å². The first-order valence-corrected chi connectivity index (χ1v) is 9.02. The number of ether oxygens (including phenoxy) is 3. The summed E-state index contributed by atoms with van der Waals surface area (Å²) < 4.78 is 22.0. The topological polar surface area (TPSA) is 113 Å². The highest BCUT2D eigenvalue weighted by Gasteiger charge is 2.44. The molecule has 0 aliphatic carbocycles. The van der Waals surface area contributed by atoms with Crippen LogP contribution >= 0.6 is 0 Å². The van der Waals surface area contributed by atoms with E-state index in [1.54, 1.807) is 42.5 Å². The molecule has 1 aromatic heterocycles. The first kappa shape index (κ1) is 19.3. The van der Waals surface area contributed by atoms with Gasteiger partial charge in [0, 0.05) is 12.6 Å². The fourth-order valence-electron chi connectivity index (χ4n) is 3.65. The van der Waals surface area contributed by atoms with E-state index in [9.17, 15) is 14.9 Å². The van der Waals surface area contributed by atoms with Gasteiger partial charge in [-0.25, -0.2) is 4.79 Å². The molecule has 9 heteroatoms. The van der Waals surface area contributed by atoms with E-state index in [0.717, 1.165) is 0 Å². The molecule has 1 atom stereocenters. The zero-order chi connectivity index (χ0) is 21.4. The van der Waals surface area contributed by atoms with E-state index in [1.807, 2.05) is 0 Å². The molecule has 0 amide bonds. The summed E-state index contributed by atoms with van der Waals surface area (Å²) in [7, 11) is 4.44. The monoisotopic (exact) mass is 410 g/mol. The van der Waals surface area contributed by atoms with Gasteiger partial charge in [0.2, 0.25) is 0 Å². The first-order valence-electron chi connectivity index (χ1n) is 9.02. The van der Waals surface area contributed by atoms with Gasteiger partial charge in [-0.3, -0.25) is 10.1 Å². The molecule has 2 heterocycles. The number of allylic oxidation sites excluding steroid dienone is 1. The van der Waals surface area contributed by atoms with Crippen molar-refractivity contribution in [2.75, 3.05) is 21.3 Å². The lowest BCUT2D eigenvalue weighted by Gasteiger charge is -2.26. The van der Waals surface area contributed by atoms with Gasteiger partial charge in [-0.2, -0.15) is 0 Å². The molecule has 2 aromatic carbocycles. The standard InChI is InChI=1S/C21H18N2O7/c1-22-20-18(23(25)26)16(13-10-11(27-2)8-9-14(13)28-3)17-19(30-20)12-6-4-5-7-15(12)29-21(17)24/h4-10,16,22H,1-3H3. The normalized spacial score (nSPS) is 15.4. The summed E-state index contributed by atoms with van der Waals surface area (Å²) in [5, 5.41) is 15.3. The van der Waals surface area contributed by atoms with Crippen LogP contribution in [0, 0.1) is 10.1 Å². The summed E-state index contributed by atoms with van der Waals surface area (Å²) in [6, 6.07) is 11.7. The molecule has 3 aromatic rings. The molecule has 4 rings (SSSR count). The Morgan fingerprint density at radius 1 is 1.13 bits per heavy atom. The van der Waals surface area contributed by atoms with Gasteiger partial charge in [0.15, 0.2) is 5.75 Å². The van der Waals surface area contributed by atoms with Crippen LogP contribution in [-0.2, 0) is 0 Å². The van der Waals surface area contributed by atoms with E-state index in [-0.39, 0.29) is 22.9 Å². The molecule has 154 valence electrons. The Labute approximate surface area is 170 Å². The van der Waals surface area contributed by atoms with Gasteiger partial charge >= 0.3 is 11.3 Å². The Bertz CT molecular complexity index is 1250. The fourth-order valence-corrected chi connectivity index (χ4v) is 3.65. The molecule has 0 spiro atoms. The zero-order valence-electron chi connectivity index (χ0n) is 16.4. The van der Waals surface area contributed by atoms with Gasteiger partial charge in [-0.1, -0.05) is 12.1 Å². The lowest BCUT2D eigenvalue weighted by Crippen LogP contribution is -2.31. The summed E-state index contributed by atoms with van der Waals surface area (Å²) in [6.07, 6.45) is 0. The van der Waals surface area contributed by atoms with Gasteiger partial charge in [0.1, 0.15) is 23.0 Å². The average Bonchev–Trinajstić information content (AvgIpc) is 2.77. The Morgan fingerprint density at radius 3 is 2.57 bits per heavy atom. The number of hydrogen-bond acceptors (Lipinski definition) is 8. The third kappa shape index (κ3) is 2.91. The van der Waals surface area contributed by atoms with Crippen LogP contribution in [0.2, 0.25) is 0 Å². The number of hydrogen-bond donors (Lipinski definition) is 1. The molecule has 1 unspecified atom stereocenters. The number of nitrogens with zero attached hydrogens (tertiary/aromatic N) is 1. The Balaban J connectivity index is 2.13. The van der Waals surface area contributed by atoms with Gasteiger partial charge < -0.3 is 23.9 Å². The van der Waals surface area contributed by atoms with E-state index in [2.05, 4.69) is 5.32 Å². The van der Waals surface area contributed by atoms with Crippen LogP contribution in [0.3, 0.4) is 0 Å². The van der Waals surface area contributed by atoms with Crippen molar-refractivity contribution in [1.82, 2.24) is 5.32 Å². The lowest BCUT2D eigenvalue weighted by atomic mass is 9.86. The van der Waals surface area contributed by atoms with E-state index >= 15 is 0 Å². The van der Waals surface area contributed by atoms with Crippen LogP contribution in [0.4, 0.5) is 0 Å². The molecule has 0 saturated heterocycles. The first-order chi connectivity index (χ1) is 14.5. The molecule has 0 fully saturated rings. The maximum Gasteiger partial charge on any atom is 0.344 e. The number of methoxy groups -OCH3 is 2. The second-order valence-electron chi connectivity index (χ2n) is 6.49. The summed E-state index contributed by atoms with van der Waals surface area (Å²) in [5.41, 5.74) is -0.348. The minimum Gasteiger partial charge on any atom is -0.497 e. The maximum atomic E-state index is 13.0. The summed E-state index contributed by atoms with van der Waals surface area (Å²) in [4.78, 5) is 24.5. The predicted molar refractivity (Wildman–Crippen MR) is 108 cm³/mol. The minimum atomic E-state index is -1.11. The van der Waals surface area contributed by atoms with Crippen LogP contribution in [0.25, 0.3) is 11.0 Å². The van der Waals surface area contributed by atoms with E-state index in [4.69, 9.17) is 18.6 Å². The lowest BCUT2D eigenvalue weighted by molar-refractivity contribution is -0.433. The highest BCUT2D eigenvalue weighted by atomic mass is 16.6. The van der Waals surface area contributed by atoms with Crippen molar-refractivity contribution in [3.63, 3.8) is 0 Å². The van der Waals surface area contributed by atoms with Gasteiger partial charge in [0.05, 0.1) is 30.1 Å². The minimum absolute atomic E-state index is 0.0194. The molecule has 1 N–H and O–H groups in total. The van der Waals surface area contributed by atoms with Crippen molar-refractivity contribution < 1.29 is 23.6 Å². The molecular weight excluding hydrogens is 392 g/mol. The Morgan fingerprint density at radius 2 is 1.90 bits per heavy atom. The molecule has 1 aliphatic heterocycles. The fraction of sp³-hybridized carbons (Fsp3) is 0.190. The Hall–Kier alpha value is -4.01. The third-order valence-corrected chi connectivity index (χ3v) is 4.97. The summed E-state index contributed by atoms with van der Waals surface area (Å²) in [5.74, 6) is -0.171. The van der Waals surface area contributed by atoms with Crippen LogP contribution in [0.1, 0.15) is 17.0 Å². The SMILES string of the molecule is CNC1=C([N+](=O)[O-])C(c2cc(OC)ccc2OC)c2c(c3ccccc3oc2=O)O1.